The number of hydrogen-bond donors (Lipinski definition) is 2. The molecule has 0 unspecified atom stereocenters. The van der Waals surface area contributed by atoms with E-state index in [0.717, 1.165) is 0 Å². The van der Waals surface area contributed by atoms with Gasteiger partial charge in [0.2, 0.25) is 5.91 Å². The largest absolute Gasteiger partial charge is 0.480 e. The summed E-state index contributed by atoms with van der Waals surface area (Å²) in [7, 11) is 0. The van der Waals surface area contributed by atoms with Crippen LogP contribution in [0, 0.1) is 0 Å². The van der Waals surface area contributed by atoms with E-state index < -0.39 is 5.97 Å². The van der Waals surface area contributed by atoms with E-state index in [9.17, 15) is 9.59 Å². The van der Waals surface area contributed by atoms with E-state index in [1.807, 2.05) is 0 Å². The van der Waals surface area contributed by atoms with Gasteiger partial charge in [-0.25, -0.2) is 9.78 Å². The number of carboxylic acid groups (broad SMARTS) is 1. The minimum absolute atomic E-state index is 0.135. The summed E-state index contributed by atoms with van der Waals surface area (Å²) in [6.07, 6.45) is 2.06. The Morgan fingerprint density at radius 3 is 2.84 bits per heavy atom. The van der Waals surface area contributed by atoms with Crippen molar-refractivity contribution >= 4 is 35.1 Å². The Labute approximate surface area is 153 Å². The van der Waals surface area contributed by atoms with Gasteiger partial charge in [-0.2, -0.15) is 0 Å². The quantitative estimate of drug-likeness (QED) is 0.642. The smallest absolute Gasteiger partial charge is 0.329 e. The monoisotopic (exact) mass is 386 g/mol. The van der Waals surface area contributed by atoms with Crippen LogP contribution in [0.4, 0.5) is 0 Å². The fraction of sp³-hybridized carbons (Fsp3) is 0.312. The summed E-state index contributed by atoms with van der Waals surface area (Å²) < 4.78 is 10.4. The van der Waals surface area contributed by atoms with Crippen LogP contribution in [0.25, 0.3) is 11.3 Å². The van der Waals surface area contributed by atoms with E-state index >= 15 is 0 Å². The van der Waals surface area contributed by atoms with Crippen molar-refractivity contribution in [2.45, 2.75) is 12.8 Å². The summed E-state index contributed by atoms with van der Waals surface area (Å²) in [6, 6.07) is 5.05. The third-order valence-corrected chi connectivity index (χ3v) is 3.66. The number of rotatable bonds is 9. The van der Waals surface area contributed by atoms with Gasteiger partial charge < -0.3 is 19.6 Å². The van der Waals surface area contributed by atoms with Crippen LogP contribution < -0.4 is 5.32 Å². The third-order valence-electron chi connectivity index (χ3n) is 3.11. The zero-order chi connectivity index (χ0) is 18.2. The number of nitrogens with zero attached hydrogens (tertiary/aromatic N) is 1. The van der Waals surface area contributed by atoms with E-state index in [-0.39, 0.29) is 32.1 Å². The normalized spacial score (nSPS) is 10.6. The molecule has 1 aromatic heterocycles. The predicted molar refractivity (Wildman–Crippen MR) is 91.7 cm³/mol. The fourth-order valence-corrected chi connectivity index (χ4v) is 2.47. The third kappa shape index (κ3) is 6.38. The van der Waals surface area contributed by atoms with Crippen molar-refractivity contribution in [2.24, 2.45) is 0 Å². The van der Waals surface area contributed by atoms with Gasteiger partial charge >= 0.3 is 5.97 Å². The summed E-state index contributed by atoms with van der Waals surface area (Å²) in [5.41, 5.74) is 0.671. The van der Waals surface area contributed by atoms with Gasteiger partial charge in [-0.3, -0.25) is 4.79 Å². The molecule has 2 aromatic rings. The Hall–Kier alpha value is -2.09. The molecule has 0 aliphatic heterocycles. The molecule has 0 aliphatic carbocycles. The number of oxazole rings is 1. The molecule has 0 saturated carbocycles. The molecule has 134 valence electrons. The zero-order valence-corrected chi connectivity index (χ0v) is 14.6. The molecule has 1 aromatic carbocycles. The Morgan fingerprint density at radius 2 is 2.12 bits per heavy atom. The Bertz CT molecular complexity index is 748. The number of ether oxygens (including phenoxy) is 1. The van der Waals surface area contributed by atoms with Crippen LogP contribution in [0.1, 0.15) is 12.3 Å². The number of aryl methyl sites for hydroxylation is 1. The molecule has 1 heterocycles. The highest BCUT2D eigenvalue weighted by atomic mass is 35.5. The first-order chi connectivity index (χ1) is 12.0. The van der Waals surface area contributed by atoms with Gasteiger partial charge in [0.1, 0.15) is 6.61 Å². The van der Waals surface area contributed by atoms with Crippen LogP contribution in [0.3, 0.4) is 0 Å². The maximum Gasteiger partial charge on any atom is 0.329 e. The molecule has 1 amide bonds. The molecule has 0 fully saturated rings. The first kappa shape index (κ1) is 19.2. The summed E-state index contributed by atoms with van der Waals surface area (Å²) in [5.74, 6) is -0.340. The second-order valence-corrected chi connectivity index (χ2v) is 5.88. The highest BCUT2D eigenvalue weighted by Crippen LogP contribution is 2.30. The summed E-state index contributed by atoms with van der Waals surface area (Å²) in [5, 5.41) is 12.0. The second kappa shape index (κ2) is 9.41. The standard InChI is InChI=1S/C16H16Cl2N2O5/c17-10-1-2-11(12(18)7-10)13-8-20-15(25-13)4-3-14(21)19-5-6-24-9-16(22)23/h1-2,7-8H,3-6,9H2,(H,19,21)(H,22,23). The number of aliphatic carboxylic acids is 1. The molecule has 0 spiro atoms. The molecule has 0 saturated heterocycles. The Morgan fingerprint density at radius 1 is 1.32 bits per heavy atom. The number of aromatic nitrogens is 1. The Balaban J connectivity index is 1.77. The molecular formula is C16H16Cl2N2O5. The molecule has 0 bridgehead atoms. The first-order valence-electron chi connectivity index (χ1n) is 7.42. The predicted octanol–water partition coefficient (Wildman–Crippen LogP) is 2.80. The van der Waals surface area contributed by atoms with Crippen molar-refractivity contribution in [1.29, 1.82) is 0 Å². The van der Waals surface area contributed by atoms with Crippen LogP contribution >= 0.6 is 23.2 Å². The Kier molecular flexibility index (Phi) is 7.24. The summed E-state index contributed by atoms with van der Waals surface area (Å²) in [6.45, 7) is -0.0121. The number of amides is 1. The minimum Gasteiger partial charge on any atom is -0.480 e. The van der Waals surface area contributed by atoms with Gasteiger partial charge in [-0.05, 0) is 18.2 Å². The molecule has 25 heavy (non-hydrogen) atoms. The molecule has 2 N–H and O–H groups in total. The number of benzene rings is 1. The van der Waals surface area contributed by atoms with Gasteiger partial charge in [0.25, 0.3) is 0 Å². The van der Waals surface area contributed by atoms with Gasteiger partial charge in [-0.15, -0.1) is 0 Å². The minimum atomic E-state index is -1.05. The first-order valence-corrected chi connectivity index (χ1v) is 8.17. The number of carbonyl (C=O) groups is 2. The van der Waals surface area contributed by atoms with Crippen molar-refractivity contribution < 1.29 is 23.8 Å². The van der Waals surface area contributed by atoms with Crippen LogP contribution in [0.2, 0.25) is 10.0 Å². The van der Waals surface area contributed by atoms with Crippen LogP contribution in [-0.2, 0) is 20.7 Å². The summed E-state index contributed by atoms with van der Waals surface area (Å²) >= 11 is 12.0. The number of nitrogens with one attached hydrogen (secondary N) is 1. The van der Waals surface area contributed by atoms with Crippen LogP contribution in [0.15, 0.2) is 28.8 Å². The second-order valence-electron chi connectivity index (χ2n) is 5.04. The van der Waals surface area contributed by atoms with Gasteiger partial charge in [0, 0.05) is 30.0 Å². The lowest BCUT2D eigenvalue weighted by Crippen LogP contribution is -2.28. The number of carboxylic acids is 1. The lowest BCUT2D eigenvalue weighted by Gasteiger charge is -2.04. The highest BCUT2D eigenvalue weighted by Gasteiger charge is 2.11. The van der Waals surface area contributed by atoms with E-state index in [1.54, 1.807) is 24.4 Å². The van der Waals surface area contributed by atoms with Crippen LogP contribution in [-0.4, -0.2) is 41.7 Å². The van der Waals surface area contributed by atoms with E-state index in [1.165, 1.54) is 0 Å². The van der Waals surface area contributed by atoms with Crippen molar-refractivity contribution in [3.8, 4) is 11.3 Å². The van der Waals surface area contributed by atoms with E-state index in [4.69, 9.17) is 37.5 Å². The van der Waals surface area contributed by atoms with Crippen molar-refractivity contribution in [3.63, 3.8) is 0 Å². The average molecular weight is 387 g/mol. The lowest BCUT2D eigenvalue weighted by atomic mass is 10.2. The van der Waals surface area contributed by atoms with E-state index in [2.05, 4.69) is 10.3 Å². The molecule has 0 atom stereocenters. The van der Waals surface area contributed by atoms with E-state index in [0.29, 0.717) is 33.7 Å². The number of halogens is 2. The molecule has 7 nitrogen and oxygen atoms in total. The van der Waals surface area contributed by atoms with Crippen molar-refractivity contribution in [1.82, 2.24) is 10.3 Å². The van der Waals surface area contributed by atoms with Crippen LogP contribution in [0.5, 0.6) is 0 Å². The van der Waals surface area contributed by atoms with Crippen molar-refractivity contribution in [3.05, 3.63) is 40.3 Å². The molecule has 0 radical (unpaired) electrons. The topological polar surface area (TPSA) is 102 Å². The molecule has 0 aliphatic rings. The lowest BCUT2D eigenvalue weighted by molar-refractivity contribution is -0.142. The SMILES string of the molecule is O=C(O)COCCNC(=O)CCc1ncc(-c2ccc(Cl)cc2Cl)o1. The average Bonchev–Trinajstić information content (AvgIpc) is 3.01. The fourth-order valence-electron chi connectivity index (χ4n) is 1.97. The molecule has 2 rings (SSSR count). The zero-order valence-electron chi connectivity index (χ0n) is 13.1. The maximum absolute atomic E-state index is 11.7. The number of carbonyl (C=O) groups excluding carboxylic acids is 1. The summed E-state index contributed by atoms with van der Waals surface area (Å²) in [4.78, 5) is 26.1. The highest BCUT2D eigenvalue weighted by molar-refractivity contribution is 6.36. The number of hydrogen-bond acceptors (Lipinski definition) is 5. The van der Waals surface area contributed by atoms with Gasteiger partial charge in [0.05, 0.1) is 17.8 Å². The maximum atomic E-state index is 11.7. The molecule has 9 heteroatoms. The van der Waals surface area contributed by atoms with Gasteiger partial charge in [-0.1, -0.05) is 23.2 Å². The van der Waals surface area contributed by atoms with Crippen molar-refractivity contribution in [2.75, 3.05) is 19.8 Å². The molecular weight excluding hydrogens is 371 g/mol. The van der Waals surface area contributed by atoms with Gasteiger partial charge in [0.15, 0.2) is 11.7 Å².